The van der Waals surface area contributed by atoms with Crippen LogP contribution < -0.4 is 11.5 Å². The lowest BCUT2D eigenvalue weighted by atomic mass is 10.1. The predicted octanol–water partition coefficient (Wildman–Crippen LogP) is 2.16. The molecule has 3 rings (SSSR count). The SMILES string of the molecule is Cc1noc(N)c1C(=O)OCc1ccc(COC(=O)c2c(C)noc2N)cc1. The lowest BCUT2D eigenvalue weighted by Crippen LogP contribution is -2.09. The summed E-state index contributed by atoms with van der Waals surface area (Å²) < 4.78 is 19.9. The molecule has 0 bridgehead atoms. The van der Waals surface area contributed by atoms with Gasteiger partial charge in [0.15, 0.2) is 0 Å². The van der Waals surface area contributed by atoms with Gasteiger partial charge >= 0.3 is 11.9 Å². The van der Waals surface area contributed by atoms with Gasteiger partial charge in [0.05, 0.1) is 11.4 Å². The van der Waals surface area contributed by atoms with Crippen LogP contribution in [0.2, 0.25) is 0 Å². The number of rotatable bonds is 6. The number of esters is 2. The minimum Gasteiger partial charge on any atom is -0.457 e. The summed E-state index contributed by atoms with van der Waals surface area (Å²) in [5, 5.41) is 7.22. The minimum absolute atomic E-state index is 0.0410. The molecule has 4 N–H and O–H groups in total. The lowest BCUT2D eigenvalue weighted by Gasteiger charge is -2.07. The highest BCUT2D eigenvalue weighted by Gasteiger charge is 2.21. The number of carbonyl (C=O) groups is 2. The monoisotopic (exact) mass is 386 g/mol. The zero-order valence-corrected chi connectivity index (χ0v) is 15.2. The van der Waals surface area contributed by atoms with E-state index >= 15 is 0 Å². The zero-order valence-electron chi connectivity index (χ0n) is 15.2. The zero-order chi connectivity index (χ0) is 20.3. The number of aryl methyl sites for hydroxylation is 2. The van der Waals surface area contributed by atoms with Crippen molar-refractivity contribution in [3.8, 4) is 0 Å². The van der Waals surface area contributed by atoms with Crippen LogP contribution in [0.4, 0.5) is 11.8 Å². The van der Waals surface area contributed by atoms with Gasteiger partial charge in [0.2, 0.25) is 11.8 Å². The van der Waals surface area contributed by atoms with Crippen molar-refractivity contribution >= 4 is 23.7 Å². The molecule has 1 aromatic carbocycles. The molecule has 0 aliphatic carbocycles. The van der Waals surface area contributed by atoms with Crippen LogP contribution in [0.25, 0.3) is 0 Å². The van der Waals surface area contributed by atoms with Crippen molar-refractivity contribution in [2.24, 2.45) is 0 Å². The Labute approximate surface area is 159 Å². The second-order valence-corrected chi connectivity index (χ2v) is 5.98. The Balaban J connectivity index is 1.54. The minimum atomic E-state index is -0.615. The second kappa shape index (κ2) is 7.82. The van der Waals surface area contributed by atoms with Crippen molar-refractivity contribution in [2.45, 2.75) is 27.1 Å². The molecule has 0 aliphatic heterocycles. The summed E-state index contributed by atoms with van der Waals surface area (Å²) in [5.74, 6) is -1.39. The van der Waals surface area contributed by atoms with Crippen LogP contribution in [0.5, 0.6) is 0 Å². The van der Waals surface area contributed by atoms with Crippen molar-refractivity contribution in [1.29, 1.82) is 0 Å². The van der Waals surface area contributed by atoms with Crippen LogP contribution in [-0.4, -0.2) is 22.3 Å². The van der Waals surface area contributed by atoms with E-state index in [0.717, 1.165) is 11.1 Å². The summed E-state index contributed by atoms with van der Waals surface area (Å²) in [4.78, 5) is 24.1. The Morgan fingerprint density at radius 1 is 0.821 bits per heavy atom. The summed E-state index contributed by atoms with van der Waals surface area (Å²) >= 11 is 0. The summed E-state index contributed by atoms with van der Waals surface area (Å²) in [6.07, 6.45) is 0. The van der Waals surface area contributed by atoms with Crippen molar-refractivity contribution in [1.82, 2.24) is 10.3 Å². The summed E-state index contributed by atoms with van der Waals surface area (Å²) in [5.41, 5.74) is 13.6. The molecule has 0 spiro atoms. The molecule has 2 heterocycles. The molecule has 0 atom stereocenters. The first-order valence-electron chi connectivity index (χ1n) is 8.22. The maximum absolute atomic E-state index is 12.0. The van der Waals surface area contributed by atoms with E-state index in [1.165, 1.54) is 0 Å². The van der Waals surface area contributed by atoms with Gasteiger partial charge in [0.25, 0.3) is 0 Å². The third kappa shape index (κ3) is 3.95. The van der Waals surface area contributed by atoms with Crippen LogP contribution in [0.15, 0.2) is 33.3 Å². The van der Waals surface area contributed by atoms with E-state index in [2.05, 4.69) is 10.3 Å². The van der Waals surface area contributed by atoms with Gasteiger partial charge in [-0.05, 0) is 25.0 Å². The predicted molar refractivity (Wildman–Crippen MR) is 96.0 cm³/mol. The Kier molecular flexibility index (Phi) is 5.30. The second-order valence-electron chi connectivity index (χ2n) is 5.98. The van der Waals surface area contributed by atoms with Gasteiger partial charge in [-0.2, -0.15) is 0 Å². The molecule has 10 heteroatoms. The van der Waals surface area contributed by atoms with E-state index in [0.29, 0.717) is 11.4 Å². The van der Waals surface area contributed by atoms with Gasteiger partial charge in [-0.1, -0.05) is 34.6 Å². The smallest absolute Gasteiger partial charge is 0.346 e. The van der Waals surface area contributed by atoms with Crippen molar-refractivity contribution < 1.29 is 28.1 Å². The number of anilines is 2. The number of carbonyl (C=O) groups excluding carboxylic acids is 2. The first kappa shape index (κ1) is 19.0. The first-order chi connectivity index (χ1) is 13.4. The van der Waals surface area contributed by atoms with Crippen LogP contribution in [0.3, 0.4) is 0 Å². The highest BCUT2D eigenvalue weighted by molar-refractivity contribution is 5.95. The van der Waals surface area contributed by atoms with E-state index in [1.807, 2.05) is 0 Å². The van der Waals surface area contributed by atoms with Gasteiger partial charge in [-0.15, -0.1) is 0 Å². The quantitative estimate of drug-likeness (QED) is 0.601. The van der Waals surface area contributed by atoms with Crippen molar-refractivity contribution in [3.63, 3.8) is 0 Å². The molecule has 2 aromatic heterocycles. The molecule has 0 unspecified atom stereocenters. The third-order valence-corrected chi connectivity index (χ3v) is 3.95. The summed E-state index contributed by atoms with van der Waals surface area (Å²) in [7, 11) is 0. The molecule has 0 aliphatic rings. The Morgan fingerprint density at radius 3 is 1.46 bits per heavy atom. The fraction of sp³-hybridized carbons (Fsp3) is 0.222. The molecule has 0 radical (unpaired) electrons. The fourth-order valence-corrected chi connectivity index (χ4v) is 2.44. The number of benzene rings is 1. The molecule has 10 nitrogen and oxygen atoms in total. The molecule has 3 aromatic rings. The molecule has 0 saturated carbocycles. The van der Waals surface area contributed by atoms with Crippen molar-refractivity contribution in [3.05, 3.63) is 57.9 Å². The Hall–Kier alpha value is -3.82. The third-order valence-electron chi connectivity index (χ3n) is 3.95. The molecule has 0 saturated heterocycles. The molecule has 146 valence electrons. The van der Waals surface area contributed by atoms with Crippen LogP contribution in [-0.2, 0) is 22.7 Å². The summed E-state index contributed by atoms with van der Waals surface area (Å²) in [6.45, 7) is 3.28. The number of nitrogens with zero attached hydrogens (tertiary/aromatic N) is 2. The number of hydrogen-bond donors (Lipinski definition) is 2. The van der Waals surface area contributed by atoms with Crippen LogP contribution in [0, 0.1) is 13.8 Å². The first-order valence-corrected chi connectivity index (χ1v) is 8.22. The van der Waals surface area contributed by atoms with E-state index < -0.39 is 11.9 Å². The number of nitrogens with two attached hydrogens (primary N) is 2. The number of hydrogen-bond acceptors (Lipinski definition) is 10. The van der Waals surface area contributed by atoms with Gasteiger partial charge in [-0.25, -0.2) is 9.59 Å². The molecular formula is C18H18N4O6. The maximum atomic E-state index is 12.0. The van der Waals surface area contributed by atoms with Gasteiger partial charge in [0.1, 0.15) is 24.3 Å². The van der Waals surface area contributed by atoms with Crippen LogP contribution >= 0.6 is 0 Å². The topological polar surface area (TPSA) is 157 Å². The maximum Gasteiger partial charge on any atom is 0.346 e. The number of nitrogen functional groups attached to an aromatic ring is 2. The molecule has 28 heavy (non-hydrogen) atoms. The van der Waals surface area contributed by atoms with Gasteiger partial charge in [0, 0.05) is 0 Å². The standard InChI is InChI=1S/C18H18N4O6/c1-9-13(15(19)27-21-9)17(23)25-7-11-3-5-12(6-4-11)8-26-18(24)14-10(2)22-28-16(14)20/h3-6H,7-8,19-20H2,1-2H3. The normalized spacial score (nSPS) is 10.6. The van der Waals surface area contributed by atoms with E-state index in [1.54, 1.807) is 38.1 Å². The van der Waals surface area contributed by atoms with Gasteiger partial charge < -0.3 is 30.0 Å². The van der Waals surface area contributed by atoms with E-state index in [9.17, 15) is 9.59 Å². The summed E-state index contributed by atoms with van der Waals surface area (Å²) in [6, 6.07) is 7.00. The highest BCUT2D eigenvalue weighted by Crippen LogP contribution is 2.19. The Bertz CT molecular complexity index is 886. The molecule has 0 amide bonds. The van der Waals surface area contributed by atoms with Crippen molar-refractivity contribution in [2.75, 3.05) is 11.5 Å². The highest BCUT2D eigenvalue weighted by atomic mass is 16.5. The lowest BCUT2D eigenvalue weighted by molar-refractivity contribution is 0.0460. The molecule has 0 fully saturated rings. The molecular weight excluding hydrogens is 368 g/mol. The van der Waals surface area contributed by atoms with Crippen LogP contribution in [0.1, 0.15) is 43.2 Å². The largest absolute Gasteiger partial charge is 0.457 e. The van der Waals surface area contributed by atoms with E-state index in [4.69, 9.17) is 30.0 Å². The Morgan fingerprint density at radius 2 is 1.18 bits per heavy atom. The number of ether oxygens (including phenoxy) is 2. The number of aromatic nitrogens is 2. The average Bonchev–Trinajstić information content (AvgIpc) is 3.19. The van der Waals surface area contributed by atoms with E-state index in [-0.39, 0.29) is 36.1 Å². The average molecular weight is 386 g/mol. The fourth-order valence-electron chi connectivity index (χ4n) is 2.44. The van der Waals surface area contributed by atoms with Gasteiger partial charge in [-0.3, -0.25) is 0 Å².